The van der Waals surface area contributed by atoms with Crippen LogP contribution in [0, 0.1) is 0 Å². The summed E-state index contributed by atoms with van der Waals surface area (Å²) in [7, 11) is -3.69. The third-order valence-corrected chi connectivity index (χ3v) is 8.01. The Balaban J connectivity index is 1.82. The van der Waals surface area contributed by atoms with Crippen LogP contribution in [0.25, 0.3) is 11.0 Å². The topological polar surface area (TPSA) is 63.2 Å². The van der Waals surface area contributed by atoms with Gasteiger partial charge in [-0.25, -0.2) is 8.42 Å². The number of aromatic nitrogens is 2. The average Bonchev–Trinajstić information content (AvgIpc) is 3.24. The maximum atomic E-state index is 13.2. The summed E-state index contributed by atoms with van der Waals surface area (Å²) in [5, 5.41) is 0.246. The van der Waals surface area contributed by atoms with Crippen LogP contribution in [0.3, 0.4) is 0 Å². The van der Waals surface area contributed by atoms with Gasteiger partial charge in [-0.05, 0) is 23.8 Å². The molecule has 1 aliphatic heterocycles. The first-order chi connectivity index (χ1) is 11.6. The Kier molecular flexibility index (Phi) is 4.26. The lowest BCUT2D eigenvalue weighted by molar-refractivity contribution is 0.435. The van der Waals surface area contributed by atoms with E-state index in [4.69, 9.17) is 11.6 Å². The number of sulfonamides is 1. The molecule has 1 saturated heterocycles. The summed E-state index contributed by atoms with van der Waals surface area (Å²) in [6.45, 7) is 0.441. The van der Waals surface area contributed by atoms with Crippen molar-refractivity contribution < 1.29 is 8.42 Å². The van der Waals surface area contributed by atoms with Crippen molar-refractivity contribution in [2.24, 2.45) is 0 Å². The van der Waals surface area contributed by atoms with Crippen LogP contribution in [-0.4, -0.2) is 33.8 Å². The summed E-state index contributed by atoms with van der Waals surface area (Å²) in [4.78, 5) is 0.202. The van der Waals surface area contributed by atoms with Crippen molar-refractivity contribution >= 4 is 56.1 Å². The number of hydrogen-bond donors (Lipinski definition) is 0. The lowest BCUT2D eigenvalue weighted by atomic mass is 10.2. The molecule has 0 bridgehead atoms. The molecule has 0 radical (unpaired) electrons. The van der Waals surface area contributed by atoms with Gasteiger partial charge in [-0.1, -0.05) is 35.9 Å². The predicted molar refractivity (Wildman–Crippen MR) is 98.0 cm³/mol. The third kappa shape index (κ3) is 2.62. The fraction of sp³-hybridized carbons (Fsp3) is 0.200. The lowest BCUT2D eigenvalue weighted by Crippen LogP contribution is -2.30. The molecule has 3 aromatic rings. The molecule has 5 nitrogen and oxygen atoms in total. The quantitative estimate of drug-likeness (QED) is 0.672. The number of benzene rings is 2. The van der Waals surface area contributed by atoms with E-state index in [0.29, 0.717) is 22.6 Å². The number of hydrogen-bond acceptors (Lipinski definition) is 6. The molecule has 124 valence electrons. The van der Waals surface area contributed by atoms with Crippen LogP contribution in [0.15, 0.2) is 47.4 Å². The first kappa shape index (κ1) is 16.3. The van der Waals surface area contributed by atoms with Gasteiger partial charge in [0, 0.05) is 17.3 Å². The Morgan fingerprint density at radius 3 is 2.79 bits per heavy atom. The molecule has 1 aliphatic rings. The number of thioether (sulfide) groups is 1. The first-order valence-electron chi connectivity index (χ1n) is 7.18. The van der Waals surface area contributed by atoms with E-state index in [2.05, 4.69) is 8.75 Å². The molecule has 0 amide bonds. The summed E-state index contributed by atoms with van der Waals surface area (Å²) >= 11 is 8.88. The van der Waals surface area contributed by atoms with E-state index in [1.165, 1.54) is 4.31 Å². The predicted octanol–water partition coefficient (Wildman–Crippen LogP) is 3.78. The van der Waals surface area contributed by atoms with Crippen molar-refractivity contribution in [3.8, 4) is 0 Å². The molecule has 0 saturated carbocycles. The van der Waals surface area contributed by atoms with Gasteiger partial charge in [0.05, 0.1) is 17.1 Å². The van der Waals surface area contributed by atoms with Gasteiger partial charge in [0.1, 0.15) is 15.9 Å². The fourth-order valence-electron chi connectivity index (χ4n) is 2.74. The van der Waals surface area contributed by atoms with Crippen molar-refractivity contribution in [3.63, 3.8) is 0 Å². The summed E-state index contributed by atoms with van der Waals surface area (Å²) in [6.07, 6.45) is 0. The molecule has 2 heterocycles. The highest BCUT2D eigenvalue weighted by Gasteiger charge is 2.38. The number of halogens is 1. The SMILES string of the molecule is O=S(=O)(c1cccc2nsnc12)N1CCSC1c1ccccc1Cl. The summed E-state index contributed by atoms with van der Waals surface area (Å²) < 4.78 is 36.3. The van der Waals surface area contributed by atoms with Gasteiger partial charge >= 0.3 is 0 Å². The van der Waals surface area contributed by atoms with Crippen molar-refractivity contribution in [1.82, 2.24) is 13.1 Å². The third-order valence-electron chi connectivity index (χ3n) is 3.86. The Hall–Kier alpha value is -1.19. The highest BCUT2D eigenvalue weighted by Crippen LogP contribution is 2.44. The Bertz CT molecular complexity index is 1010. The van der Waals surface area contributed by atoms with Gasteiger partial charge in [0.15, 0.2) is 0 Å². The average molecular weight is 398 g/mol. The molecule has 0 N–H and O–H groups in total. The summed E-state index contributed by atoms with van der Waals surface area (Å²) in [5.74, 6) is 0.723. The van der Waals surface area contributed by atoms with Crippen LogP contribution in [-0.2, 0) is 10.0 Å². The molecule has 4 rings (SSSR count). The zero-order chi connectivity index (χ0) is 16.7. The molecule has 2 aromatic carbocycles. The fourth-order valence-corrected chi connectivity index (χ4v) is 7.06. The molecule has 24 heavy (non-hydrogen) atoms. The second kappa shape index (κ2) is 6.27. The molecule has 0 spiro atoms. The highest BCUT2D eigenvalue weighted by atomic mass is 35.5. The minimum Gasteiger partial charge on any atom is -0.207 e. The van der Waals surface area contributed by atoms with Crippen LogP contribution in [0.4, 0.5) is 0 Å². The Morgan fingerprint density at radius 1 is 1.12 bits per heavy atom. The molecular weight excluding hydrogens is 386 g/mol. The number of rotatable bonds is 3. The number of nitrogens with zero attached hydrogens (tertiary/aromatic N) is 3. The van der Waals surface area contributed by atoms with E-state index in [-0.39, 0.29) is 10.3 Å². The van der Waals surface area contributed by atoms with Gasteiger partial charge in [0.2, 0.25) is 10.0 Å². The van der Waals surface area contributed by atoms with Crippen molar-refractivity contribution in [3.05, 3.63) is 53.1 Å². The van der Waals surface area contributed by atoms with Gasteiger partial charge < -0.3 is 0 Å². The van der Waals surface area contributed by atoms with Crippen LogP contribution in [0.2, 0.25) is 5.02 Å². The highest BCUT2D eigenvalue weighted by molar-refractivity contribution is 8.01. The molecule has 0 aliphatic carbocycles. The van der Waals surface area contributed by atoms with Crippen LogP contribution < -0.4 is 0 Å². The molecule has 1 aromatic heterocycles. The Labute approximate surface area is 153 Å². The second-order valence-electron chi connectivity index (χ2n) is 5.25. The summed E-state index contributed by atoms with van der Waals surface area (Å²) in [6, 6.07) is 12.4. The maximum absolute atomic E-state index is 13.2. The van der Waals surface area contributed by atoms with E-state index in [9.17, 15) is 8.42 Å². The van der Waals surface area contributed by atoms with Crippen molar-refractivity contribution in [1.29, 1.82) is 0 Å². The van der Waals surface area contributed by atoms with Crippen molar-refractivity contribution in [2.45, 2.75) is 10.3 Å². The molecule has 1 fully saturated rings. The zero-order valence-electron chi connectivity index (χ0n) is 12.3. The van der Waals surface area contributed by atoms with Gasteiger partial charge in [-0.2, -0.15) is 13.1 Å². The monoisotopic (exact) mass is 397 g/mol. The largest absolute Gasteiger partial charge is 0.246 e. The van der Waals surface area contributed by atoms with Gasteiger partial charge in [0.25, 0.3) is 0 Å². The van der Waals surface area contributed by atoms with Crippen LogP contribution in [0.1, 0.15) is 10.9 Å². The van der Waals surface area contributed by atoms with E-state index in [0.717, 1.165) is 23.0 Å². The van der Waals surface area contributed by atoms with Gasteiger partial charge in [-0.15, -0.1) is 11.8 Å². The van der Waals surface area contributed by atoms with Crippen LogP contribution >= 0.6 is 35.1 Å². The molecular formula is C15H12ClN3O2S3. The summed E-state index contributed by atoms with van der Waals surface area (Å²) in [5.41, 5.74) is 1.84. The Morgan fingerprint density at radius 2 is 1.96 bits per heavy atom. The van der Waals surface area contributed by atoms with Crippen molar-refractivity contribution in [2.75, 3.05) is 12.3 Å². The first-order valence-corrected chi connectivity index (χ1v) is 10.8. The second-order valence-corrected chi connectivity index (χ2v) is 9.23. The normalized spacial score (nSPS) is 19.1. The molecule has 1 atom stereocenters. The molecule has 9 heteroatoms. The molecule has 1 unspecified atom stereocenters. The standard InChI is InChI=1S/C15H12ClN3O2S3/c16-11-5-2-1-4-10(11)15-19(8-9-22-15)24(20,21)13-7-3-6-12-14(13)18-23-17-12/h1-7,15H,8-9H2. The lowest BCUT2D eigenvalue weighted by Gasteiger charge is -2.24. The van der Waals surface area contributed by atoms with E-state index >= 15 is 0 Å². The minimum absolute atomic E-state index is 0.202. The van der Waals surface area contributed by atoms with Crippen LogP contribution in [0.5, 0.6) is 0 Å². The van der Waals surface area contributed by atoms with Gasteiger partial charge in [-0.3, -0.25) is 0 Å². The smallest absolute Gasteiger partial charge is 0.207 e. The van der Waals surface area contributed by atoms with E-state index in [1.807, 2.05) is 18.2 Å². The van der Waals surface area contributed by atoms with E-state index in [1.54, 1.807) is 36.0 Å². The van der Waals surface area contributed by atoms with E-state index < -0.39 is 10.0 Å². The minimum atomic E-state index is -3.69. The zero-order valence-corrected chi connectivity index (χ0v) is 15.5. The maximum Gasteiger partial charge on any atom is 0.246 e. The number of fused-ring (bicyclic) bond motifs is 1.